The Hall–Kier alpha value is -1.53. The number of rotatable bonds is 1. The second kappa shape index (κ2) is 4.00. The average Bonchev–Trinajstić information content (AvgIpc) is 2.91. The molecule has 1 atom stereocenters. The van der Waals surface area contributed by atoms with Gasteiger partial charge in [0.15, 0.2) is 11.5 Å². The van der Waals surface area contributed by atoms with Crippen LogP contribution in [0.25, 0.3) is 5.65 Å². The summed E-state index contributed by atoms with van der Waals surface area (Å²) in [4.78, 5) is 6.65. The van der Waals surface area contributed by atoms with Crippen LogP contribution in [0.5, 0.6) is 0 Å². The fourth-order valence-corrected chi connectivity index (χ4v) is 2.52. The Balaban J connectivity index is 2.17. The predicted octanol–water partition coefficient (Wildman–Crippen LogP) is 0.811. The van der Waals surface area contributed by atoms with E-state index >= 15 is 0 Å². The fraction of sp³-hybridized carbons (Fsp3) is 0.455. The highest BCUT2D eigenvalue weighted by molar-refractivity contribution is 6.35. The Morgan fingerprint density at radius 3 is 2.94 bits per heavy atom. The molecule has 2 aromatic rings. The van der Waals surface area contributed by atoms with Gasteiger partial charge in [-0.3, -0.25) is 0 Å². The summed E-state index contributed by atoms with van der Waals surface area (Å²) in [6.07, 6.45) is 2.68. The minimum atomic E-state index is 0.173. The van der Waals surface area contributed by atoms with Crippen molar-refractivity contribution in [2.45, 2.75) is 19.4 Å². The lowest BCUT2D eigenvalue weighted by Crippen LogP contribution is -2.27. The first-order chi connectivity index (χ1) is 8.58. The van der Waals surface area contributed by atoms with Gasteiger partial charge in [0.1, 0.15) is 10.8 Å². The van der Waals surface area contributed by atoms with E-state index in [2.05, 4.69) is 15.0 Å². The molecule has 0 amide bonds. The van der Waals surface area contributed by atoms with Crippen molar-refractivity contribution in [3.63, 3.8) is 0 Å². The molecule has 1 aliphatic heterocycles. The number of halogens is 1. The van der Waals surface area contributed by atoms with Gasteiger partial charge in [0, 0.05) is 24.7 Å². The first-order valence-electron chi connectivity index (χ1n) is 5.87. The molecule has 0 aliphatic carbocycles. The van der Waals surface area contributed by atoms with Crippen LogP contribution in [-0.4, -0.2) is 33.7 Å². The molecule has 0 spiro atoms. The summed E-state index contributed by atoms with van der Waals surface area (Å²) < 4.78 is 1.57. The molecule has 1 fully saturated rings. The van der Waals surface area contributed by atoms with Gasteiger partial charge in [-0.25, -0.2) is 4.98 Å². The second-order valence-electron chi connectivity index (χ2n) is 4.69. The zero-order valence-electron chi connectivity index (χ0n) is 10.1. The minimum absolute atomic E-state index is 0.173. The standard InChI is InChI=1S/C11H15ClN6/c1-6-4-15-18-9(14)8(12)11(16-10(6)18)17-3-2-7(13)5-17/h4,7H,2-3,5,13-14H2,1H3/t7-/m0/s1. The topological polar surface area (TPSA) is 85.5 Å². The van der Waals surface area contributed by atoms with Crippen molar-refractivity contribution in [3.05, 3.63) is 16.8 Å². The number of aryl methyl sites for hydroxylation is 1. The van der Waals surface area contributed by atoms with E-state index < -0.39 is 0 Å². The van der Waals surface area contributed by atoms with E-state index in [1.165, 1.54) is 0 Å². The lowest BCUT2D eigenvalue weighted by molar-refractivity contribution is 0.751. The van der Waals surface area contributed by atoms with Gasteiger partial charge in [-0.05, 0) is 13.3 Å². The van der Waals surface area contributed by atoms with Crippen LogP contribution in [0.15, 0.2) is 6.20 Å². The SMILES string of the molecule is Cc1cnn2c(N)c(Cl)c(N3CC[C@H](N)C3)nc12. The van der Waals surface area contributed by atoms with E-state index in [1.54, 1.807) is 10.7 Å². The van der Waals surface area contributed by atoms with Crippen molar-refractivity contribution in [1.82, 2.24) is 14.6 Å². The summed E-state index contributed by atoms with van der Waals surface area (Å²) in [7, 11) is 0. The Morgan fingerprint density at radius 1 is 1.50 bits per heavy atom. The smallest absolute Gasteiger partial charge is 0.162 e. The van der Waals surface area contributed by atoms with Gasteiger partial charge in [-0.1, -0.05) is 11.6 Å². The Morgan fingerprint density at radius 2 is 2.28 bits per heavy atom. The largest absolute Gasteiger partial charge is 0.382 e. The molecule has 6 nitrogen and oxygen atoms in total. The number of fused-ring (bicyclic) bond motifs is 1. The average molecular weight is 267 g/mol. The van der Waals surface area contributed by atoms with Crippen LogP contribution < -0.4 is 16.4 Å². The van der Waals surface area contributed by atoms with Gasteiger partial charge in [0.2, 0.25) is 0 Å². The molecular formula is C11H15ClN6. The quantitative estimate of drug-likeness (QED) is 0.798. The summed E-state index contributed by atoms with van der Waals surface area (Å²) in [6.45, 7) is 3.56. The van der Waals surface area contributed by atoms with Crippen LogP contribution in [0.4, 0.5) is 11.6 Å². The molecule has 0 bridgehead atoms. The van der Waals surface area contributed by atoms with Gasteiger partial charge in [-0.15, -0.1) is 0 Å². The molecule has 0 unspecified atom stereocenters. The molecule has 18 heavy (non-hydrogen) atoms. The first-order valence-corrected chi connectivity index (χ1v) is 6.25. The monoisotopic (exact) mass is 266 g/mol. The maximum atomic E-state index is 6.28. The molecule has 0 aromatic carbocycles. The molecule has 4 N–H and O–H groups in total. The van der Waals surface area contributed by atoms with Crippen LogP contribution in [-0.2, 0) is 0 Å². The number of nitrogen functional groups attached to an aromatic ring is 1. The Labute approximate surface area is 110 Å². The Kier molecular flexibility index (Phi) is 2.57. The van der Waals surface area contributed by atoms with E-state index in [1.807, 2.05) is 6.92 Å². The second-order valence-corrected chi connectivity index (χ2v) is 5.07. The van der Waals surface area contributed by atoms with E-state index in [0.717, 1.165) is 30.7 Å². The highest BCUT2D eigenvalue weighted by Crippen LogP contribution is 2.32. The third kappa shape index (κ3) is 1.60. The fourth-order valence-electron chi connectivity index (χ4n) is 2.28. The van der Waals surface area contributed by atoms with Crippen LogP contribution in [0, 0.1) is 6.92 Å². The molecule has 2 aromatic heterocycles. The molecule has 3 rings (SSSR count). The molecule has 0 radical (unpaired) electrons. The molecule has 3 heterocycles. The maximum Gasteiger partial charge on any atom is 0.162 e. The number of nitrogens with zero attached hydrogens (tertiary/aromatic N) is 4. The summed E-state index contributed by atoms with van der Waals surface area (Å²) in [5.41, 5.74) is 13.6. The van der Waals surface area contributed by atoms with Gasteiger partial charge in [0.05, 0.1) is 6.20 Å². The Bertz CT molecular complexity index is 607. The lowest BCUT2D eigenvalue weighted by Gasteiger charge is -2.19. The first kappa shape index (κ1) is 11.6. The van der Waals surface area contributed by atoms with Gasteiger partial charge in [-0.2, -0.15) is 9.61 Å². The van der Waals surface area contributed by atoms with Crippen LogP contribution in [0.2, 0.25) is 5.02 Å². The van der Waals surface area contributed by atoms with Crippen molar-refractivity contribution in [2.24, 2.45) is 5.73 Å². The maximum absolute atomic E-state index is 6.28. The molecule has 7 heteroatoms. The van der Waals surface area contributed by atoms with E-state index in [-0.39, 0.29) is 6.04 Å². The van der Waals surface area contributed by atoms with E-state index in [9.17, 15) is 0 Å². The van der Waals surface area contributed by atoms with Gasteiger partial charge < -0.3 is 16.4 Å². The van der Waals surface area contributed by atoms with Crippen LogP contribution >= 0.6 is 11.6 Å². The summed E-state index contributed by atoms with van der Waals surface area (Å²) in [6, 6.07) is 0.173. The normalized spacial score (nSPS) is 19.9. The zero-order valence-corrected chi connectivity index (χ0v) is 10.9. The lowest BCUT2D eigenvalue weighted by atomic mass is 10.3. The number of aromatic nitrogens is 3. The van der Waals surface area contributed by atoms with Gasteiger partial charge in [0.25, 0.3) is 0 Å². The molecule has 96 valence electrons. The molecule has 1 aliphatic rings. The highest BCUT2D eigenvalue weighted by Gasteiger charge is 2.24. The molecule has 0 saturated carbocycles. The minimum Gasteiger partial charge on any atom is -0.382 e. The number of anilines is 2. The summed E-state index contributed by atoms with van der Waals surface area (Å²) in [5, 5.41) is 4.61. The van der Waals surface area contributed by atoms with Crippen LogP contribution in [0.3, 0.4) is 0 Å². The molecule has 1 saturated heterocycles. The van der Waals surface area contributed by atoms with Gasteiger partial charge >= 0.3 is 0 Å². The summed E-state index contributed by atoms with van der Waals surface area (Å²) in [5.74, 6) is 1.13. The highest BCUT2D eigenvalue weighted by atomic mass is 35.5. The van der Waals surface area contributed by atoms with E-state index in [0.29, 0.717) is 16.7 Å². The van der Waals surface area contributed by atoms with E-state index in [4.69, 9.17) is 23.1 Å². The van der Waals surface area contributed by atoms with Crippen molar-refractivity contribution in [2.75, 3.05) is 23.7 Å². The van der Waals surface area contributed by atoms with Crippen LogP contribution in [0.1, 0.15) is 12.0 Å². The predicted molar refractivity (Wildman–Crippen MR) is 72.0 cm³/mol. The number of hydrogen-bond acceptors (Lipinski definition) is 5. The zero-order chi connectivity index (χ0) is 12.9. The summed E-state index contributed by atoms with van der Waals surface area (Å²) >= 11 is 6.28. The number of hydrogen-bond donors (Lipinski definition) is 2. The third-order valence-corrected chi connectivity index (χ3v) is 3.67. The van der Waals surface area contributed by atoms with Crippen molar-refractivity contribution < 1.29 is 0 Å². The molecular weight excluding hydrogens is 252 g/mol. The third-order valence-electron chi connectivity index (χ3n) is 3.31. The van der Waals surface area contributed by atoms with Crippen molar-refractivity contribution in [1.29, 1.82) is 0 Å². The van der Waals surface area contributed by atoms with Crippen molar-refractivity contribution >= 4 is 28.9 Å². The number of nitrogens with two attached hydrogens (primary N) is 2. The van der Waals surface area contributed by atoms with Crippen molar-refractivity contribution in [3.8, 4) is 0 Å².